The zero-order valence-corrected chi connectivity index (χ0v) is 34.2. The van der Waals surface area contributed by atoms with Crippen molar-refractivity contribution >= 4 is 55.4 Å². The summed E-state index contributed by atoms with van der Waals surface area (Å²) in [5, 5.41) is 7.83. The largest absolute Gasteiger partial charge is 0.243 e. The summed E-state index contributed by atoms with van der Waals surface area (Å²) in [6.07, 6.45) is 0. The lowest BCUT2D eigenvalue weighted by atomic mass is 9.23. The number of fused-ring (bicyclic) bond motifs is 6. The molecule has 3 aliphatic heterocycles. The lowest BCUT2D eigenvalue weighted by Gasteiger charge is -2.52. The van der Waals surface area contributed by atoms with E-state index >= 15 is 0 Å². The highest BCUT2D eigenvalue weighted by Crippen LogP contribution is 2.48. The van der Waals surface area contributed by atoms with Crippen LogP contribution in [0.5, 0.6) is 0 Å². The molecule has 0 atom stereocenters. The SMILES string of the molecule is CC1(C)c2cccc3c2B2c4c1cccc4C(C)(C)c1cc(-c4cccc(-c5cccc(-c6ccc7c8ccccc8c8ccccc8c7c6)c5)c4)cc(c12)C3(C)C. The summed E-state index contributed by atoms with van der Waals surface area (Å²) in [4.78, 5) is 0. The first kappa shape index (κ1) is 33.9. The Morgan fingerprint density at radius 2 is 0.586 bits per heavy atom. The summed E-state index contributed by atoms with van der Waals surface area (Å²) in [6, 6.07) is 62.5. The third kappa shape index (κ3) is 4.37. The lowest BCUT2D eigenvalue weighted by molar-refractivity contribution is 0.599. The number of hydrogen-bond acceptors (Lipinski definition) is 0. The molecule has 276 valence electrons. The van der Waals surface area contributed by atoms with Gasteiger partial charge in [-0.2, -0.15) is 0 Å². The molecule has 58 heavy (non-hydrogen) atoms. The van der Waals surface area contributed by atoms with Gasteiger partial charge in [0.2, 0.25) is 6.71 Å². The molecular formula is C57H45B. The topological polar surface area (TPSA) is 0 Å². The lowest BCUT2D eigenvalue weighted by Crippen LogP contribution is -2.71. The van der Waals surface area contributed by atoms with Crippen LogP contribution < -0.4 is 16.4 Å². The third-order valence-corrected chi connectivity index (χ3v) is 14.8. The van der Waals surface area contributed by atoms with Gasteiger partial charge in [0, 0.05) is 16.2 Å². The molecule has 0 saturated heterocycles. The zero-order valence-electron chi connectivity index (χ0n) is 34.2. The second-order valence-corrected chi connectivity index (χ2v) is 18.8. The maximum Gasteiger partial charge on any atom is 0.243 e. The van der Waals surface area contributed by atoms with Crippen LogP contribution in [0.1, 0.15) is 74.9 Å². The minimum atomic E-state index is -0.138. The van der Waals surface area contributed by atoms with Crippen LogP contribution in [0.25, 0.3) is 65.7 Å². The van der Waals surface area contributed by atoms with Crippen molar-refractivity contribution in [2.75, 3.05) is 0 Å². The van der Waals surface area contributed by atoms with Crippen LogP contribution in [0.15, 0.2) is 164 Å². The van der Waals surface area contributed by atoms with Gasteiger partial charge in [0.15, 0.2) is 0 Å². The Bertz CT molecular complexity index is 3140. The fourth-order valence-electron chi connectivity index (χ4n) is 11.8. The van der Waals surface area contributed by atoms with Gasteiger partial charge in [-0.15, -0.1) is 0 Å². The molecule has 0 amide bonds. The highest BCUT2D eigenvalue weighted by Gasteiger charge is 2.54. The zero-order chi connectivity index (χ0) is 39.3. The molecule has 0 unspecified atom stereocenters. The third-order valence-electron chi connectivity index (χ3n) is 14.8. The Labute approximate surface area is 342 Å². The molecule has 1 heteroatoms. The highest BCUT2D eigenvalue weighted by molar-refractivity contribution is 6.98. The van der Waals surface area contributed by atoms with E-state index in [-0.39, 0.29) is 23.0 Å². The monoisotopic (exact) mass is 740 g/mol. The Kier molecular flexibility index (Phi) is 6.71. The fraction of sp³-hybridized carbons (Fsp3) is 0.158. The molecule has 3 aliphatic rings. The van der Waals surface area contributed by atoms with Crippen molar-refractivity contribution in [3.63, 3.8) is 0 Å². The minimum absolute atomic E-state index is 0.0520. The van der Waals surface area contributed by atoms with E-state index in [1.165, 1.54) is 99.1 Å². The second kappa shape index (κ2) is 11.5. The number of hydrogen-bond donors (Lipinski definition) is 0. The Hall–Kier alpha value is -6.18. The van der Waals surface area contributed by atoms with Gasteiger partial charge in [-0.3, -0.25) is 0 Å². The van der Waals surface area contributed by atoms with Crippen molar-refractivity contribution in [3.8, 4) is 33.4 Å². The fourth-order valence-corrected chi connectivity index (χ4v) is 11.8. The Morgan fingerprint density at radius 3 is 1.03 bits per heavy atom. The summed E-state index contributed by atoms with van der Waals surface area (Å²) in [5.74, 6) is 0. The van der Waals surface area contributed by atoms with Crippen LogP contribution in [0, 0.1) is 0 Å². The van der Waals surface area contributed by atoms with E-state index in [1.807, 2.05) is 0 Å². The van der Waals surface area contributed by atoms with Gasteiger partial charge in [-0.25, -0.2) is 0 Å². The summed E-state index contributed by atoms with van der Waals surface area (Å²) >= 11 is 0. The van der Waals surface area contributed by atoms with Crippen LogP contribution in [-0.4, -0.2) is 6.71 Å². The molecular weight excluding hydrogens is 695 g/mol. The smallest absolute Gasteiger partial charge is 0.0617 e. The molecule has 9 aromatic carbocycles. The van der Waals surface area contributed by atoms with Gasteiger partial charge >= 0.3 is 0 Å². The van der Waals surface area contributed by atoms with Crippen molar-refractivity contribution in [3.05, 3.63) is 197 Å². The maximum absolute atomic E-state index is 2.55. The van der Waals surface area contributed by atoms with E-state index in [0.717, 1.165) is 0 Å². The average Bonchev–Trinajstić information content (AvgIpc) is 3.25. The van der Waals surface area contributed by atoms with Gasteiger partial charge in [0.25, 0.3) is 0 Å². The van der Waals surface area contributed by atoms with E-state index in [1.54, 1.807) is 16.4 Å². The van der Waals surface area contributed by atoms with E-state index in [0.29, 0.717) is 0 Å². The van der Waals surface area contributed by atoms with Crippen LogP contribution in [0.2, 0.25) is 0 Å². The highest BCUT2D eigenvalue weighted by atomic mass is 14.5. The summed E-state index contributed by atoms with van der Waals surface area (Å²) in [7, 11) is 0. The van der Waals surface area contributed by atoms with Crippen molar-refractivity contribution in [2.45, 2.75) is 57.8 Å². The minimum Gasteiger partial charge on any atom is -0.0617 e. The normalized spacial score (nSPS) is 16.1. The van der Waals surface area contributed by atoms with Crippen molar-refractivity contribution in [1.29, 1.82) is 0 Å². The van der Waals surface area contributed by atoms with Crippen molar-refractivity contribution < 1.29 is 0 Å². The molecule has 0 nitrogen and oxygen atoms in total. The number of rotatable bonds is 3. The van der Waals surface area contributed by atoms with E-state index in [4.69, 9.17) is 0 Å². The second-order valence-electron chi connectivity index (χ2n) is 18.8. The molecule has 0 aromatic heterocycles. The van der Waals surface area contributed by atoms with Crippen LogP contribution in [-0.2, 0) is 16.2 Å². The first-order valence-electron chi connectivity index (χ1n) is 21.0. The molecule has 0 saturated carbocycles. The Balaban J connectivity index is 1.00. The summed E-state index contributed by atoms with van der Waals surface area (Å²) in [6.45, 7) is 15.0. The standard InChI is InChI=1S/C57H45B/c1-55(2)46-23-13-25-48-52(46)58-53-47(55)24-14-26-49(53)57(5,6)51-33-39(32-50(54(51)58)56(48,3)4)37-18-12-16-35(30-37)34-15-11-17-36(29-34)38-27-28-44-42-21-8-7-19-40(42)41-20-9-10-22-43(41)45(44)31-38/h7-33H,1-6H3. The first-order valence-corrected chi connectivity index (χ1v) is 21.0. The van der Waals surface area contributed by atoms with Gasteiger partial charge in [0.05, 0.1) is 0 Å². The summed E-state index contributed by atoms with van der Waals surface area (Å²) < 4.78 is 0. The average molecular weight is 741 g/mol. The van der Waals surface area contributed by atoms with E-state index < -0.39 is 0 Å². The van der Waals surface area contributed by atoms with Gasteiger partial charge < -0.3 is 0 Å². The van der Waals surface area contributed by atoms with Crippen molar-refractivity contribution in [2.24, 2.45) is 0 Å². The molecule has 3 heterocycles. The van der Waals surface area contributed by atoms with Crippen LogP contribution >= 0.6 is 0 Å². The van der Waals surface area contributed by atoms with Crippen molar-refractivity contribution in [1.82, 2.24) is 0 Å². The molecule has 9 aromatic rings. The molecule has 0 N–H and O–H groups in total. The predicted molar refractivity (Wildman–Crippen MR) is 249 cm³/mol. The van der Waals surface area contributed by atoms with Gasteiger partial charge in [0.1, 0.15) is 0 Å². The molecule has 0 radical (unpaired) electrons. The van der Waals surface area contributed by atoms with E-state index in [9.17, 15) is 0 Å². The molecule has 0 spiro atoms. The van der Waals surface area contributed by atoms with Crippen LogP contribution in [0.3, 0.4) is 0 Å². The maximum atomic E-state index is 2.55. The molecule has 12 rings (SSSR count). The van der Waals surface area contributed by atoms with Gasteiger partial charge in [-0.1, -0.05) is 204 Å². The van der Waals surface area contributed by atoms with Gasteiger partial charge in [-0.05, 0) is 117 Å². The quantitative estimate of drug-likeness (QED) is 0.125. The Morgan fingerprint density at radius 1 is 0.259 bits per heavy atom. The predicted octanol–water partition coefficient (Wildman–Crippen LogP) is 12.6. The first-order chi connectivity index (χ1) is 28.0. The number of benzene rings is 9. The summed E-state index contributed by atoms with van der Waals surface area (Å²) in [5.41, 5.74) is 20.8. The molecule has 0 fully saturated rings. The van der Waals surface area contributed by atoms with E-state index in [2.05, 4.69) is 205 Å². The van der Waals surface area contributed by atoms with Crippen LogP contribution in [0.4, 0.5) is 0 Å². The molecule has 0 aliphatic carbocycles. The molecule has 0 bridgehead atoms.